The average Bonchev–Trinajstić information content (AvgIpc) is 3.02. The third-order valence-electron chi connectivity index (χ3n) is 6.31. The Morgan fingerprint density at radius 1 is 1.00 bits per heavy atom. The molecule has 2 saturated heterocycles. The van der Waals surface area contributed by atoms with Gasteiger partial charge in [0, 0.05) is 38.3 Å². The number of nitrogens with zero attached hydrogens (tertiary/aromatic N) is 3. The van der Waals surface area contributed by atoms with E-state index in [1.165, 1.54) is 10.7 Å². The van der Waals surface area contributed by atoms with Crippen molar-refractivity contribution in [1.82, 2.24) is 14.1 Å². The molecule has 10 heteroatoms. The van der Waals surface area contributed by atoms with Crippen molar-refractivity contribution in [3.63, 3.8) is 0 Å². The lowest BCUT2D eigenvalue weighted by Gasteiger charge is -2.40. The van der Waals surface area contributed by atoms with Crippen LogP contribution in [-0.2, 0) is 24.7 Å². The van der Waals surface area contributed by atoms with Gasteiger partial charge in [0.25, 0.3) is 0 Å². The van der Waals surface area contributed by atoms with Crippen LogP contribution in [-0.4, -0.2) is 98.9 Å². The number of hydrogen-bond donors (Lipinski definition) is 0. The van der Waals surface area contributed by atoms with Crippen molar-refractivity contribution < 1.29 is 21.6 Å². The maximum absolute atomic E-state index is 13.2. The van der Waals surface area contributed by atoms with E-state index >= 15 is 0 Å². The van der Waals surface area contributed by atoms with Gasteiger partial charge >= 0.3 is 0 Å². The number of carbonyl (C=O) groups is 1. The number of rotatable bonds is 6. The van der Waals surface area contributed by atoms with E-state index in [9.17, 15) is 21.6 Å². The number of sulfonamides is 1. The summed E-state index contributed by atoms with van der Waals surface area (Å²) < 4.78 is 49.5. The van der Waals surface area contributed by atoms with E-state index in [0.29, 0.717) is 32.6 Å². The highest BCUT2D eigenvalue weighted by atomic mass is 32.2. The van der Waals surface area contributed by atoms with Crippen LogP contribution in [0.15, 0.2) is 0 Å². The molecule has 0 aromatic carbocycles. The molecule has 0 aromatic heterocycles. The van der Waals surface area contributed by atoms with Crippen molar-refractivity contribution in [2.75, 3.05) is 50.0 Å². The molecule has 0 spiro atoms. The Morgan fingerprint density at radius 3 is 2.18 bits per heavy atom. The summed E-state index contributed by atoms with van der Waals surface area (Å²) in [6, 6.07) is -0.0660. The van der Waals surface area contributed by atoms with Crippen molar-refractivity contribution in [2.45, 2.75) is 57.5 Å². The molecule has 2 heterocycles. The summed E-state index contributed by atoms with van der Waals surface area (Å²) in [6.45, 7) is 3.77. The first-order valence-corrected chi connectivity index (χ1v) is 13.9. The van der Waals surface area contributed by atoms with Gasteiger partial charge in [0.05, 0.1) is 23.8 Å². The van der Waals surface area contributed by atoms with Crippen LogP contribution in [0.3, 0.4) is 0 Å². The predicted molar refractivity (Wildman–Crippen MR) is 108 cm³/mol. The lowest BCUT2D eigenvalue weighted by Crippen LogP contribution is -2.55. The fourth-order valence-corrected chi connectivity index (χ4v) is 7.48. The minimum atomic E-state index is -3.19. The normalized spacial score (nSPS) is 27.7. The highest BCUT2D eigenvalue weighted by molar-refractivity contribution is 7.91. The van der Waals surface area contributed by atoms with Crippen LogP contribution in [0.2, 0.25) is 0 Å². The van der Waals surface area contributed by atoms with Crippen molar-refractivity contribution in [3.05, 3.63) is 0 Å². The van der Waals surface area contributed by atoms with Crippen LogP contribution >= 0.6 is 0 Å². The summed E-state index contributed by atoms with van der Waals surface area (Å²) in [5, 5.41) is 0. The molecule has 1 unspecified atom stereocenters. The Bertz CT molecular complexity index is 754. The van der Waals surface area contributed by atoms with Crippen LogP contribution in [0.5, 0.6) is 0 Å². The van der Waals surface area contributed by atoms with Gasteiger partial charge in [-0.2, -0.15) is 4.31 Å². The average molecular weight is 436 g/mol. The van der Waals surface area contributed by atoms with Crippen molar-refractivity contribution >= 4 is 25.8 Å². The monoisotopic (exact) mass is 435 g/mol. The van der Waals surface area contributed by atoms with Crippen molar-refractivity contribution in [3.8, 4) is 0 Å². The number of hydrogen-bond acceptors (Lipinski definition) is 6. The summed E-state index contributed by atoms with van der Waals surface area (Å²) in [4.78, 5) is 17.1. The lowest BCUT2D eigenvalue weighted by molar-refractivity contribution is -0.138. The molecular formula is C18H33N3O5S2. The number of piperazine rings is 1. The van der Waals surface area contributed by atoms with E-state index in [2.05, 4.69) is 0 Å². The minimum Gasteiger partial charge on any atom is -0.335 e. The van der Waals surface area contributed by atoms with Gasteiger partial charge in [-0.3, -0.25) is 9.69 Å². The molecule has 0 N–H and O–H groups in total. The molecule has 3 rings (SSSR count). The molecule has 1 amide bonds. The Hall–Kier alpha value is -0.710. The topological polar surface area (TPSA) is 95.1 Å². The molecule has 0 aromatic rings. The second kappa shape index (κ2) is 8.97. The molecule has 1 saturated carbocycles. The quantitative estimate of drug-likeness (QED) is 0.596. The SMILES string of the molecule is CCS(=O)(=O)N1CCN(CC(=O)N(C2CCCCC2)C2CCS(=O)(=O)C2)CC1. The lowest BCUT2D eigenvalue weighted by atomic mass is 9.92. The summed E-state index contributed by atoms with van der Waals surface area (Å²) in [7, 11) is -6.24. The van der Waals surface area contributed by atoms with Crippen LogP contribution in [0.1, 0.15) is 45.4 Å². The fraction of sp³-hybridized carbons (Fsp3) is 0.944. The molecule has 0 radical (unpaired) electrons. The maximum Gasteiger partial charge on any atom is 0.237 e. The van der Waals surface area contributed by atoms with Crippen LogP contribution in [0.25, 0.3) is 0 Å². The standard InChI is InChI=1S/C18H33N3O5S2/c1-2-28(25,26)20-11-9-19(10-12-20)14-18(22)21(16-6-4-3-5-7-16)17-8-13-27(23,24)15-17/h16-17H,2-15H2,1H3. The molecule has 162 valence electrons. The molecular weight excluding hydrogens is 402 g/mol. The van der Waals surface area contributed by atoms with E-state index in [1.54, 1.807) is 6.92 Å². The molecule has 3 aliphatic rings. The van der Waals surface area contributed by atoms with Gasteiger partial charge in [-0.05, 0) is 26.2 Å². The van der Waals surface area contributed by atoms with E-state index in [4.69, 9.17) is 0 Å². The van der Waals surface area contributed by atoms with Crippen molar-refractivity contribution in [2.24, 2.45) is 0 Å². The van der Waals surface area contributed by atoms with E-state index in [-0.39, 0.29) is 41.8 Å². The third kappa shape index (κ3) is 5.25. The zero-order valence-corrected chi connectivity index (χ0v) is 18.4. The number of amides is 1. The van der Waals surface area contributed by atoms with Gasteiger partial charge in [-0.1, -0.05) is 19.3 Å². The van der Waals surface area contributed by atoms with E-state index in [0.717, 1.165) is 25.7 Å². The summed E-state index contributed by atoms with van der Waals surface area (Å²) in [5.41, 5.74) is 0. The molecule has 3 fully saturated rings. The van der Waals surface area contributed by atoms with Crippen LogP contribution < -0.4 is 0 Å². The first-order chi connectivity index (χ1) is 13.2. The molecule has 28 heavy (non-hydrogen) atoms. The van der Waals surface area contributed by atoms with Gasteiger partial charge in [0.2, 0.25) is 15.9 Å². The molecule has 8 nitrogen and oxygen atoms in total. The Balaban J connectivity index is 1.63. The second-order valence-electron chi connectivity index (χ2n) is 8.23. The number of carbonyl (C=O) groups excluding carboxylic acids is 1. The van der Waals surface area contributed by atoms with Gasteiger partial charge in [0.1, 0.15) is 0 Å². The van der Waals surface area contributed by atoms with E-state index < -0.39 is 19.9 Å². The fourth-order valence-electron chi connectivity index (χ4n) is 4.68. The Labute approximate surface area is 169 Å². The molecule has 1 atom stereocenters. The van der Waals surface area contributed by atoms with Gasteiger partial charge in [0.15, 0.2) is 9.84 Å². The van der Waals surface area contributed by atoms with Gasteiger partial charge < -0.3 is 4.90 Å². The summed E-state index contributed by atoms with van der Waals surface area (Å²) >= 11 is 0. The van der Waals surface area contributed by atoms with E-state index in [1.807, 2.05) is 9.80 Å². The zero-order valence-electron chi connectivity index (χ0n) is 16.8. The summed E-state index contributed by atoms with van der Waals surface area (Å²) in [6.07, 6.45) is 5.78. The van der Waals surface area contributed by atoms with Crippen LogP contribution in [0, 0.1) is 0 Å². The second-order valence-corrected chi connectivity index (χ2v) is 12.7. The maximum atomic E-state index is 13.2. The first kappa shape index (κ1) is 22.0. The highest BCUT2D eigenvalue weighted by Gasteiger charge is 2.39. The zero-order chi connectivity index (χ0) is 20.4. The largest absolute Gasteiger partial charge is 0.335 e. The highest BCUT2D eigenvalue weighted by Crippen LogP contribution is 2.28. The summed E-state index contributed by atoms with van der Waals surface area (Å²) in [5.74, 6) is 0.345. The minimum absolute atomic E-state index is 0.000740. The first-order valence-electron chi connectivity index (χ1n) is 10.4. The third-order valence-corrected chi connectivity index (χ3v) is 9.94. The van der Waals surface area contributed by atoms with Gasteiger partial charge in [-0.15, -0.1) is 0 Å². The number of sulfone groups is 1. The predicted octanol–water partition coefficient (Wildman–Crippen LogP) is 0.302. The Kier molecular flexibility index (Phi) is 7.05. The molecule has 0 bridgehead atoms. The molecule has 2 aliphatic heterocycles. The van der Waals surface area contributed by atoms with Gasteiger partial charge in [-0.25, -0.2) is 16.8 Å². The Morgan fingerprint density at radius 2 is 1.64 bits per heavy atom. The van der Waals surface area contributed by atoms with Crippen molar-refractivity contribution in [1.29, 1.82) is 0 Å². The molecule has 1 aliphatic carbocycles. The van der Waals surface area contributed by atoms with Crippen LogP contribution in [0.4, 0.5) is 0 Å². The smallest absolute Gasteiger partial charge is 0.237 e.